The van der Waals surface area contributed by atoms with E-state index in [1.165, 1.54) is 64.5 Å². The summed E-state index contributed by atoms with van der Waals surface area (Å²) in [5.41, 5.74) is 0. The summed E-state index contributed by atoms with van der Waals surface area (Å²) >= 11 is 0. The maximum Gasteiger partial charge on any atom is 0.0160 e. The van der Waals surface area contributed by atoms with Crippen LogP contribution in [-0.2, 0) is 0 Å². The topological polar surface area (TPSA) is 3.24 Å². The highest BCUT2D eigenvalue weighted by molar-refractivity contribution is 5.85. The van der Waals surface area contributed by atoms with Crippen LogP contribution in [0.3, 0.4) is 0 Å². The molecule has 0 radical (unpaired) electrons. The summed E-state index contributed by atoms with van der Waals surface area (Å²) in [5.74, 6) is 0. The molecule has 0 aliphatic carbocycles. The molecule has 0 bridgehead atoms. The number of hydrogen-bond donors (Lipinski definition) is 0. The molecule has 0 aromatic rings. The zero-order valence-corrected chi connectivity index (χ0v) is 12.7. The number of halogens is 1. The Morgan fingerprint density at radius 1 is 0.824 bits per heavy atom. The normalized spacial score (nSPS) is 10.3. The maximum atomic E-state index is 3.85. The molecule has 0 N–H and O–H groups in total. The minimum atomic E-state index is 0. The minimum absolute atomic E-state index is 0. The lowest BCUT2D eigenvalue weighted by Crippen LogP contribution is -2.26. The third-order valence-electron chi connectivity index (χ3n) is 3.04. The predicted molar refractivity (Wildman–Crippen MR) is 82.2 cm³/mol. The third kappa shape index (κ3) is 13.9. The Morgan fingerprint density at radius 2 is 1.29 bits per heavy atom. The summed E-state index contributed by atoms with van der Waals surface area (Å²) in [6.07, 6.45) is 13.0. The van der Waals surface area contributed by atoms with Crippen LogP contribution in [-0.4, -0.2) is 24.5 Å². The van der Waals surface area contributed by atoms with Gasteiger partial charge in [-0.1, -0.05) is 58.4 Å². The van der Waals surface area contributed by atoms with Crippen LogP contribution < -0.4 is 0 Å². The highest BCUT2D eigenvalue weighted by Gasteiger charge is 2.01. The number of unbranched alkanes of at least 4 members (excludes halogenated alkanes) is 6. The average molecular weight is 262 g/mol. The van der Waals surface area contributed by atoms with Crippen molar-refractivity contribution in [3.63, 3.8) is 0 Å². The van der Waals surface area contributed by atoms with Crippen LogP contribution in [0, 0.1) is 0 Å². The number of hydrogen-bond acceptors (Lipinski definition) is 1. The van der Waals surface area contributed by atoms with E-state index in [0.717, 1.165) is 6.54 Å². The standard InChI is InChI=1S/C15H31N.ClH/c1-4-7-9-11-14-16(13-6-3)15-12-10-8-5-2;/h6H,3-5,7-15H2,1-2H3;1H. The van der Waals surface area contributed by atoms with Gasteiger partial charge in [0.05, 0.1) is 0 Å². The van der Waals surface area contributed by atoms with E-state index in [2.05, 4.69) is 25.3 Å². The van der Waals surface area contributed by atoms with E-state index in [4.69, 9.17) is 0 Å². The monoisotopic (exact) mass is 261 g/mol. The third-order valence-corrected chi connectivity index (χ3v) is 3.04. The number of nitrogens with zero attached hydrogens (tertiary/aromatic N) is 1. The summed E-state index contributed by atoms with van der Waals surface area (Å²) in [7, 11) is 0. The lowest BCUT2D eigenvalue weighted by Gasteiger charge is -2.20. The van der Waals surface area contributed by atoms with Crippen molar-refractivity contribution in [2.75, 3.05) is 19.6 Å². The van der Waals surface area contributed by atoms with E-state index in [-0.39, 0.29) is 12.4 Å². The van der Waals surface area contributed by atoms with E-state index < -0.39 is 0 Å². The van der Waals surface area contributed by atoms with Gasteiger partial charge in [-0.15, -0.1) is 19.0 Å². The van der Waals surface area contributed by atoms with Crippen molar-refractivity contribution in [2.45, 2.75) is 65.2 Å². The van der Waals surface area contributed by atoms with Gasteiger partial charge in [0.1, 0.15) is 0 Å². The SMILES string of the molecule is C=CCN(CCCCCC)CCCCCC.Cl. The van der Waals surface area contributed by atoms with Gasteiger partial charge in [-0.05, 0) is 25.9 Å². The summed E-state index contributed by atoms with van der Waals surface area (Å²) in [6, 6.07) is 0. The summed E-state index contributed by atoms with van der Waals surface area (Å²) in [6.45, 7) is 12.0. The molecule has 0 unspecified atom stereocenters. The molecule has 0 aromatic carbocycles. The first-order valence-corrected chi connectivity index (χ1v) is 7.18. The van der Waals surface area contributed by atoms with Gasteiger partial charge in [-0.2, -0.15) is 0 Å². The Kier molecular flexibility index (Phi) is 18.2. The van der Waals surface area contributed by atoms with Crippen molar-refractivity contribution in [3.05, 3.63) is 12.7 Å². The van der Waals surface area contributed by atoms with Crippen molar-refractivity contribution >= 4 is 12.4 Å². The Labute approximate surface area is 115 Å². The lowest BCUT2D eigenvalue weighted by molar-refractivity contribution is 0.287. The van der Waals surface area contributed by atoms with Crippen LogP contribution in [0.1, 0.15) is 65.2 Å². The second kappa shape index (κ2) is 16.0. The van der Waals surface area contributed by atoms with Gasteiger partial charge in [0.2, 0.25) is 0 Å². The zero-order chi connectivity index (χ0) is 12.1. The van der Waals surface area contributed by atoms with Crippen molar-refractivity contribution in [3.8, 4) is 0 Å². The molecule has 0 heterocycles. The molecule has 0 aromatic heterocycles. The molecule has 0 aliphatic heterocycles. The van der Waals surface area contributed by atoms with Gasteiger partial charge in [0.25, 0.3) is 0 Å². The highest BCUT2D eigenvalue weighted by atomic mass is 35.5. The van der Waals surface area contributed by atoms with Gasteiger partial charge in [-0.3, -0.25) is 4.90 Å². The summed E-state index contributed by atoms with van der Waals surface area (Å²) < 4.78 is 0. The molecule has 1 nitrogen and oxygen atoms in total. The van der Waals surface area contributed by atoms with Crippen LogP contribution in [0.15, 0.2) is 12.7 Å². The predicted octanol–water partition coefficient (Wildman–Crippen LogP) is 5.06. The fraction of sp³-hybridized carbons (Fsp3) is 0.867. The van der Waals surface area contributed by atoms with Gasteiger partial charge in [-0.25, -0.2) is 0 Å². The number of rotatable bonds is 12. The van der Waals surface area contributed by atoms with Crippen molar-refractivity contribution < 1.29 is 0 Å². The van der Waals surface area contributed by atoms with Gasteiger partial charge < -0.3 is 0 Å². The van der Waals surface area contributed by atoms with Crippen LogP contribution in [0.5, 0.6) is 0 Å². The van der Waals surface area contributed by atoms with Crippen molar-refractivity contribution in [1.29, 1.82) is 0 Å². The first kappa shape index (κ1) is 19.3. The molecule has 0 amide bonds. The molecule has 17 heavy (non-hydrogen) atoms. The molecular formula is C15H32ClN. The Morgan fingerprint density at radius 3 is 1.65 bits per heavy atom. The second-order valence-corrected chi connectivity index (χ2v) is 4.71. The molecule has 0 rings (SSSR count). The largest absolute Gasteiger partial charge is 0.300 e. The molecular weight excluding hydrogens is 230 g/mol. The fourth-order valence-corrected chi connectivity index (χ4v) is 2.00. The highest BCUT2D eigenvalue weighted by Crippen LogP contribution is 2.05. The quantitative estimate of drug-likeness (QED) is 0.351. The zero-order valence-electron chi connectivity index (χ0n) is 11.9. The van der Waals surface area contributed by atoms with Gasteiger partial charge in [0, 0.05) is 6.54 Å². The Balaban J connectivity index is 0. The first-order valence-electron chi connectivity index (χ1n) is 7.18. The van der Waals surface area contributed by atoms with Crippen molar-refractivity contribution in [2.24, 2.45) is 0 Å². The summed E-state index contributed by atoms with van der Waals surface area (Å²) in [5, 5.41) is 0. The average Bonchev–Trinajstić information content (AvgIpc) is 2.30. The summed E-state index contributed by atoms with van der Waals surface area (Å²) in [4.78, 5) is 2.55. The molecule has 0 saturated heterocycles. The molecule has 104 valence electrons. The van der Waals surface area contributed by atoms with E-state index in [1.54, 1.807) is 0 Å². The van der Waals surface area contributed by atoms with E-state index in [9.17, 15) is 0 Å². The van der Waals surface area contributed by atoms with Crippen LogP contribution >= 0.6 is 12.4 Å². The fourth-order valence-electron chi connectivity index (χ4n) is 2.00. The van der Waals surface area contributed by atoms with Crippen LogP contribution in [0.4, 0.5) is 0 Å². The van der Waals surface area contributed by atoms with E-state index in [0.29, 0.717) is 0 Å². The minimum Gasteiger partial charge on any atom is -0.300 e. The molecule has 0 saturated carbocycles. The van der Waals surface area contributed by atoms with Gasteiger partial charge >= 0.3 is 0 Å². The van der Waals surface area contributed by atoms with Crippen LogP contribution in [0.25, 0.3) is 0 Å². The first-order chi connectivity index (χ1) is 7.85. The second-order valence-electron chi connectivity index (χ2n) is 4.71. The van der Waals surface area contributed by atoms with Crippen molar-refractivity contribution in [1.82, 2.24) is 4.90 Å². The Bertz CT molecular complexity index is 136. The lowest BCUT2D eigenvalue weighted by atomic mass is 10.1. The van der Waals surface area contributed by atoms with Gasteiger partial charge in [0.15, 0.2) is 0 Å². The molecule has 0 atom stereocenters. The molecule has 0 aliphatic rings. The van der Waals surface area contributed by atoms with Crippen LogP contribution in [0.2, 0.25) is 0 Å². The maximum absolute atomic E-state index is 3.85. The smallest absolute Gasteiger partial charge is 0.0160 e. The molecule has 0 fully saturated rings. The van der Waals surface area contributed by atoms with E-state index in [1.807, 2.05) is 6.08 Å². The Hall–Kier alpha value is -0.0100. The molecule has 0 spiro atoms. The van der Waals surface area contributed by atoms with E-state index >= 15 is 0 Å². The molecule has 2 heteroatoms.